The largest absolute Gasteiger partial charge is 0.512 e. The molecule has 0 saturated heterocycles. The predicted octanol–water partition coefficient (Wildman–Crippen LogP) is 11.4. The zero-order chi connectivity index (χ0) is 31.8. The van der Waals surface area contributed by atoms with Gasteiger partial charge in [0.15, 0.2) is 5.78 Å². The van der Waals surface area contributed by atoms with Crippen LogP contribution in [0, 0.1) is 30.2 Å². The van der Waals surface area contributed by atoms with Gasteiger partial charge in [-0.3, -0.25) is 9.78 Å². The van der Waals surface area contributed by atoms with E-state index in [0.29, 0.717) is 0 Å². The van der Waals surface area contributed by atoms with Gasteiger partial charge < -0.3 is 9.52 Å². The summed E-state index contributed by atoms with van der Waals surface area (Å²) in [6, 6.07) is 18.8. The first kappa shape index (κ1) is 34.6. The SMILES string of the molecule is CCC(CC)C(=O)/C=C(\O)C(CC)CC.Cc1oc2c(CC(C)(C)C)cc3ccnc4c5[c-]c6ccccc6cc5c1c2c34.[Ir]. The van der Waals surface area contributed by atoms with Gasteiger partial charge in [0.1, 0.15) is 11.3 Å². The Kier molecular flexibility index (Phi) is 10.8. The van der Waals surface area contributed by atoms with E-state index in [1.54, 1.807) is 0 Å². The van der Waals surface area contributed by atoms with Crippen LogP contribution >= 0.6 is 0 Å². The number of hydrogen-bond donors (Lipinski definition) is 1. The molecule has 1 radical (unpaired) electrons. The summed E-state index contributed by atoms with van der Waals surface area (Å²) in [5.74, 6) is 1.52. The molecule has 0 saturated carbocycles. The summed E-state index contributed by atoms with van der Waals surface area (Å²) < 4.78 is 6.44. The van der Waals surface area contributed by atoms with Crippen molar-refractivity contribution in [2.75, 3.05) is 0 Å². The fraction of sp³-hybridized carbons (Fsp3) is 0.400. The van der Waals surface area contributed by atoms with E-state index in [9.17, 15) is 9.90 Å². The van der Waals surface area contributed by atoms with Crippen LogP contribution in [-0.4, -0.2) is 15.9 Å². The molecule has 6 aromatic rings. The van der Waals surface area contributed by atoms with Gasteiger partial charge in [-0.15, -0.1) is 23.6 Å². The van der Waals surface area contributed by atoms with Crippen molar-refractivity contribution in [3.05, 3.63) is 77.9 Å². The number of rotatable bonds is 8. The average Bonchev–Trinajstić information content (AvgIpc) is 3.34. The number of aromatic nitrogens is 1. The zero-order valence-corrected chi connectivity index (χ0v) is 30.3. The predicted molar refractivity (Wildman–Crippen MR) is 186 cm³/mol. The van der Waals surface area contributed by atoms with Gasteiger partial charge in [-0.25, -0.2) is 0 Å². The fourth-order valence-corrected chi connectivity index (χ4v) is 6.67. The molecule has 239 valence electrons. The number of aryl methyl sites for hydroxylation is 1. The van der Waals surface area contributed by atoms with Gasteiger partial charge in [-0.1, -0.05) is 82.8 Å². The summed E-state index contributed by atoms with van der Waals surface area (Å²) in [6.45, 7) is 17.0. The molecule has 4 nitrogen and oxygen atoms in total. The first-order chi connectivity index (χ1) is 21.0. The third-order valence-corrected chi connectivity index (χ3v) is 9.04. The molecule has 0 atom stereocenters. The van der Waals surface area contributed by atoms with Crippen LogP contribution in [0.1, 0.15) is 85.5 Å². The van der Waals surface area contributed by atoms with E-state index in [1.165, 1.54) is 44.0 Å². The number of pyridine rings is 1. The second-order valence-electron chi connectivity index (χ2n) is 13.4. The Bertz CT molecular complexity index is 1970. The van der Waals surface area contributed by atoms with E-state index in [0.717, 1.165) is 59.7 Å². The maximum Gasteiger partial charge on any atom is 0.162 e. The number of allylic oxidation sites excluding steroid dienone is 2. The van der Waals surface area contributed by atoms with Crippen molar-refractivity contribution < 1.29 is 34.4 Å². The Hall–Kier alpha value is -3.27. The van der Waals surface area contributed by atoms with E-state index in [-0.39, 0.29) is 48.9 Å². The van der Waals surface area contributed by atoms with Crippen molar-refractivity contribution in [1.82, 2.24) is 4.98 Å². The maximum atomic E-state index is 11.7. The normalized spacial score (nSPS) is 12.5. The summed E-state index contributed by atoms with van der Waals surface area (Å²) in [5, 5.41) is 19.2. The van der Waals surface area contributed by atoms with Crippen LogP contribution in [0.15, 0.2) is 64.9 Å². The number of furan rings is 1. The van der Waals surface area contributed by atoms with Gasteiger partial charge >= 0.3 is 0 Å². The molecule has 6 rings (SSSR count). The smallest absolute Gasteiger partial charge is 0.162 e. The zero-order valence-electron chi connectivity index (χ0n) is 27.9. The number of aliphatic hydroxyl groups excluding tert-OH is 1. The Labute approximate surface area is 281 Å². The molecule has 2 heterocycles. The molecule has 0 spiro atoms. The van der Waals surface area contributed by atoms with Gasteiger partial charge in [0, 0.05) is 55.1 Å². The van der Waals surface area contributed by atoms with Crippen LogP contribution in [0.25, 0.3) is 54.2 Å². The Morgan fingerprint density at radius 3 is 2.24 bits per heavy atom. The van der Waals surface area contributed by atoms with Gasteiger partial charge in [-0.05, 0) is 78.3 Å². The average molecular weight is 781 g/mol. The standard InChI is InChI=1S/C27H22NO.C13H24O2.Ir/c1-15-22-20-12-16-7-5-6-8-17(16)13-21(20)25-23-18(9-10-28-25)11-19(14-27(2,3)4)26(29-15)24(22)23;1-5-10(6-2)12(14)9-13(15)11(7-3)8-4;/h5-12H,14H2,1-4H3;9-11,14H,5-8H2,1-4H3;/q-1;;/b;12-9-;. The molecule has 0 fully saturated rings. The van der Waals surface area contributed by atoms with E-state index in [1.807, 2.05) is 33.9 Å². The van der Waals surface area contributed by atoms with Gasteiger partial charge in [-0.2, -0.15) is 0 Å². The monoisotopic (exact) mass is 781 g/mol. The van der Waals surface area contributed by atoms with Crippen molar-refractivity contribution in [3.8, 4) is 0 Å². The van der Waals surface area contributed by atoms with Crippen molar-refractivity contribution in [1.29, 1.82) is 0 Å². The Morgan fingerprint density at radius 2 is 1.60 bits per heavy atom. The van der Waals surface area contributed by atoms with Crippen LogP contribution < -0.4 is 0 Å². The first-order valence-corrected chi connectivity index (χ1v) is 16.2. The van der Waals surface area contributed by atoms with Gasteiger partial charge in [0.05, 0.1) is 5.76 Å². The van der Waals surface area contributed by atoms with Crippen molar-refractivity contribution in [2.24, 2.45) is 17.3 Å². The minimum atomic E-state index is 0. The quantitative estimate of drug-likeness (QED) is 0.0549. The number of nitrogens with zero attached hydrogens (tertiary/aromatic N) is 1. The van der Waals surface area contributed by atoms with Crippen molar-refractivity contribution in [3.63, 3.8) is 0 Å². The molecule has 5 heteroatoms. The summed E-state index contributed by atoms with van der Waals surface area (Å²) >= 11 is 0. The minimum absolute atomic E-state index is 0. The third kappa shape index (κ3) is 6.81. The Balaban J connectivity index is 0.000000249. The van der Waals surface area contributed by atoms with Crippen LogP contribution in [0.5, 0.6) is 0 Å². The Morgan fingerprint density at radius 1 is 0.933 bits per heavy atom. The number of aliphatic hydroxyl groups is 1. The molecule has 0 unspecified atom stereocenters. The molecule has 0 aliphatic carbocycles. The molecule has 0 bridgehead atoms. The molecule has 2 aromatic heterocycles. The minimum Gasteiger partial charge on any atom is -0.512 e. The van der Waals surface area contributed by atoms with E-state index < -0.39 is 0 Å². The molecule has 0 aliphatic rings. The number of benzene rings is 4. The number of hydrogen-bond acceptors (Lipinski definition) is 4. The summed E-state index contributed by atoms with van der Waals surface area (Å²) in [5.41, 5.74) is 3.50. The fourth-order valence-electron chi connectivity index (χ4n) is 6.67. The molecule has 0 aliphatic heterocycles. The summed E-state index contributed by atoms with van der Waals surface area (Å²) in [7, 11) is 0. The molecular formula is C40H46IrNO3-. The molecule has 4 aromatic carbocycles. The van der Waals surface area contributed by atoms with Crippen LogP contribution in [0.4, 0.5) is 0 Å². The molecular weight excluding hydrogens is 735 g/mol. The van der Waals surface area contributed by atoms with Crippen molar-refractivity contribution in [2.45, 2.75) is 87.5 Å². The van der Waals surface area contributed by atoms with Gasteiger partial charge in [0.2, 0.25) is 0 Å². The summed E-state index contributed by atoms with van der Waals surface area (Å²) in [6.07, 6.45) is 7.80. The summed E-state index contributed by atoms with van der Waals surface area (Å²) in [4.78, 5) is 16.5. The number of ketones is 1. The maximum absolute atomic E-state index is 11.7. The molecule has 45 heavy (non-hydrogen) atoms. The van der Waals surface area contributed by atoms with Crippen LogP contribution in [0.2, 0.25) is 0 Å². The second-order valence-corrected chi connectivity index (χ2v) is 13.4. The molecule has 0 amide bonds. The number of carbonyl (C=O) groups is 1. The third-order valence-electron chi connectivity index (χ3n) is 9.04. The van der Waals surface area contributed by atoms with E-state index in [2.05, 4.69) is 76.2 Å². The van der Waals surface area contributed by atoms with Gasteiger partial charge in [0.25, 0.3) is 0 Å². The number of carbonyl (C=O) groups excluding carboxylic acids is 1. The van der Waals surface area contributed by atoms with Crippen LogP contribution in [0.3, 0.4) is 0 Å². The molecule has 1 N–H and O–H groups in total. The topological polar surface area (TPSA) is 63.3 Å². The van der Waals surface area contributed by atoms with Crippen LogP contribution in [-0.2, 0) is 31.3 Å². The number of fused-ring (bicyclic) bond motifs is 4. The van der Waals surface area contributed by atoms with E-state index >= 15 is 0 Å². The second kappa shape index (κ2) is 14.0. The van der Waals surface area contributed by atoms with Crippen molar-refractivity contribution >= 4 is 60.0 Å². The van der Waals surface area contributed by atoms with E-state index in [4.69, 9.17) is 9.40 Å². The first-order valence-electron chi connectivity index (χ1n) is 16.2.